The van der Waals surface area contributed by atoms with Gasteiger partial charge in [0.1, 0.15) is 11.3 Å². The predicted molar refractivity (Wildman–Crippen MR) is 233 cm³/mol. The summed E-state index contributed by atoms with van der Waals surface area (Å²) in [6.07, 6.45) is 4.64. The topological polar surface area (TPSA) is 229 Å². The summed E-state index contributed by atoms with van der Waals surface area (Å²) in [5.41, 5.74) is 2.95. The molecule has 63 heavy (non-hydrogen) atoms. The molecule has 4 aliphatic heterocycles. The van der Waals surface area contributed by atoms with Crippen molar-refractivity contribution in [2.24, 2.45) is 0 Å². The van der Waals surface area contributed by atoms with Crippen LogP contribution in [0.25, 0.3) is 33.4 Å². The zero-order valence-corrected chi connectivity index (χ0v) is 36.4. The number of hydrogen-bond acceptors (Lipinski definition) is 13. The van der Waals surface area contributed by atoms with Crippen molar-refractivity contribution in [2.75, 3.05) is 88.4 Å². The van der Waals surface area contributed by atoms with Crippen molar-refractivity contribution in [3.63, 3.8) is 0 Å². The van der Waals surface area contributed by atoms with E-state index in [-0.39, 0.29) is 53.4 Å². The Bertz CT molecular complexity index is 2680. The second-order valence-electron chi connectivity index (χ2n) is 16.2. The van der Waals surface area contributed by atoms with Gasteiger partial charge in [0.25, 0.3) is 32.1 Å². The lowest BCUT2D eigenvalue weighted by Crippen LogP contribution is -2.48. The number of imide groups is 1. The summed E-state index contributed by atoms with van der Waals surface area (Å²) in [6.45, 7) is 7.20. The van der Waals surface area contributed by atoms with Gasteiger partial charge in [0.15, 0.2) is 18.9 Å². The van der Waals surface area contributed by atoms with Crippen LogP contribution in [-0.2, 0) is 29.8 Å². The first kappa shape index (κ1) is 45.7. The minimum absolute atomic E-state index is 0.00910. The van der Waals surface area contributed by atoms with Crippen molar-refractivity contribution in [2.45, 2.75) is 38.5 Å². The number of anilines is 1. The number of benzene rings is 3. The number of carboxylic acid groups (broad SMARTS) is 1. The number of Topliss-reactive ketones (excluding diaryl/α,β-unsaturated/α-hetero) is 1. The summed E-state index contributed by atoms with van der Waals surface area (Å²) >= 11 is 0. The fourth-order valence-corrected chi connectivity index (χ4v) is 9.68. The smallest absolute Gasteiger partial charge is 0.264 e. The fourth-order valence-electron chi connectivity index (χ4n) is 8.55. The van der Waals surface area contributed by atoms with Crippen LogP contribution in [0, 0.1) is 0 Å². The van der Waals surface area contributed by atoms with Gasteiger partial charge in [-0.1, -0.05) is 12.1 Å². The number of piperazine rings is 2. The van der Waals surface area contributed by atoms with Crippen molar-refractivity contribution >= 4 is 60.5 Å². The standard InChI is InChI=1S/C44H51N5O12S2/c50-38(6-5-17-49-41(51)13-14-42(49)52)31-7-10-34(44(53)54)37(28-31)43-35-11-8-32(47-22-18-45(19-23-47)15-1-3-26-62(55,56)57)29-39(35)61-40-30-33(9-12-36(40)43)48-24-20-46(21-25-48)16-2-4-27-63(58,59)60/h7-14,28-30H,1-6,15-27H2,(H2-,53,54,55,56,57,58,59,60). The Labute approximate surface area is 365 Å². The number of nitrogens with zero attached hydrogens (tertiary/aromatic N) is 5. The van der Waals surface area contributed by atoms with Crippen LogP contribution < -0.4 is 19.9 Å². The third-order valence-corrected chi connectivity index (χ3v) is 13.5. The highest BCUT2D eigenvalue weighted by molar-refractivity contribution is 7.86. The molecule has 5 aliphatic rings. The molecule has 0 bridgehead atoms. The number of hydrogen-bond donors (Lipinski definition) is 2. The molecule has 0 unspecified atom stereocenters. The van der Waals surface area contributed by atoms with E-state index in [2.05, 4.69) is 19.3 Å². The molecule has 0 spiro atoms. The van der Waals surface area contributed by atoms with Crippen LogP contribution in [0.3, 0.4) is 0 Å². The molecule has 4 heterocycles. The van der Waals surface area contributed by atoms with E-state index >= 15 is 0 Å². The lowest BCUT2D eigenvalue weighted by atomic mass is 9.88. The maximum absolute atomic E-state index is 13.6. The Morgan fingerprint density at radius 1 is 0.698 bits per heavy atom. The molecule has 2 aromatic rings. The van der Waals surface area contributed by atoms with Crippen LogP contribution in [0.1, 0.15) is 59.2 Å². The largest absolute Gasteiger partial charge is 0.545 e. The summed E-state index contributed by atoms with van der Waals surface area (Å²) in [7, 11) is -7.99. The van der Waals surface area contributed by atoms with Gasteiger partial charge >= 0.3 is 0 Å². The van der Waals surface area contributed by atoms with Gasteiger partial charge in [0.05, 0.1) is 36.6 Å². The van der Waals surface area contributed by atoms with Crippen LogP contribution >= 0.6 is 0 Å². The van der Waals surface area contributed by atoms with Gasteiger partial charge in [0, 0.05) is 96.8 Å². The number of fused-ring (bicyclic) bond motifs is 2. The van der Waals surface area contributed by atoms with Crippen LogP contribution in [0.4, 0.5) is 5.69 Å². The van der Waals surface area contributed by atoms with E-state index in [0.29, 0.717) is 92.8 Å². The Kier molecular flexibility index (Phi) is 14.2. The first-order chi connectivity index (χ1) is 30.0. The number of carboxylic acids is 1. The highest BCUT2D eigenvalue weighted by Gasteiger charge is 2.27. The van der Waals surface area contributed by atoms with E-state index in [4.69, 9.17) is 13.5 Å². The Hall–Kier alpha value is -5.31. The third-order valence-electron chi connectivity index (χ3n) is 11.9. The molecular weight excluding hydrogens is 855 g/mol. The molecule has 0 radical (unpaired) electrons. The van der Waals surface area contributed by atoms with Crippen molar-refractivity contribution < 1.29 is 54.6 Å². The summed E-state index contributed by atoms with van der Waals surface area (Å²) in [6, 6.07) is 15.9. The molecule has 7 rings (SSSR count). The quantitative estimate of drug-likeness (QED) is 0.0364. The maximum atomic E-state index is 13.6. The molecule has 0 aromatic heterocycles. The summed E-state index contributed by atoms with van der Waals surface area (Å²) in [5.74, 6) is -2.62. The van der Waals surface area contributed by atoms with Gasteiger partial charge in [-0.3, -0.25) is 38.2 Å². The summed E-state index contributed by atoms with van der Waals surface area (Å²) in [5, 5.41) is 14.3. The summed E-state index contributed by atoms with van der Waals surface area (Å²) < 4.78 is 71.6. The van der Waals surface area contributed by atoms with E-state index in [1.165, 1.54) is 24.3 Å². The molecular formula is C44H51N5O12S2. The molecule has 2 N–H and O–H groups in total. The number of carbonyl (C=O) groups is 4. The molecule has 336 valence electrons. The van der Waals surface area contributed by atoms with Crippen LogP contribution in [0.15, 0.2) is 71.2 Å². The van der Waals surface area contributed by atoms with E-state index < -0.39 is 38.0 Å². The summed E-state index contributed by atoms with van der Waals surface area (Å²) in [4.78, 5) is 58.3. The number of rotatable bonds is 18. The van der Waals surface area contributed by atoms with E-state index in [1.54, 1.807) is 6.07 Å². The number of ketones is 1. The van der Waals surface area contributed by atoms with Crippen molar-refractivity contribution in [3.05, 3.63) is 83.2 Å². The SMILES string of the molecule is O=C(CCCN1C(=O)C=CC1=O)c1ccc(C(=O)[O-])c(-c2c3ccc(=[N+]4CCN(CCCCS(=O)(=O)O)CC4)cc-3oc3cc(N4CCN(CCCCS(=O)(=O)O)CC4)ccc23)c1. The number of carbonyl (C=O) groups excluding carboxylic acids is 4. The molecule has 1 aliphatic carbocycles. The predicted octanol–water partition coefficient (Wildman–Crippen LogP) is 2.00. The Balaban J connectivity index is 1.20. The molecule has 2 saturated heterocycles. The molecule has 19 heteroatoms. The monoisotopic (exact) mass is 905 g/mol. The normalized spacial score (nSPS) is 16.8. The van der Waals surface area contributed by atoms with Gasteiger partial charge in [-0.05, 0) is 75.0 Å². The lowest BCUT2D eigenvalue weighted by Gasteiger charge is -2.36. The van der Waals surface area contributed by atoms with Gasteiger partial charge in [-0.2, -0.15) is 16.8 Å². The van der Waals surface area contributed by atoms with Crippen LogP contribution in [0.5, 0.6) is 0 Å². The molecule has 0 atom stereocenters. The van der Waals surface area contributed by atoms with Crippen molar-refractivity contribution in [3.8, 4) is 22.5 Å². The maximum Gasteiger partial charge on any atom is 0.264 e. The Morgan fingerprint density at radius 2 is 1.33 bits per heavy atom. The van der Waals surface area contributed by atoms with Gasteiger partial charge in [0.2, 0.25) is 5.36 Å². The lowest BCUT2D eigenvalue weighted by molar-refractivity contribution is -0.255. The number of unbranched alkanes of at least 4 members (excludes halogenated alkanes) is 2. The van der Waals surface area contributed by atoms with E-state index in [9.17, 15) is 41.1 Å². The fraction of sp³-hybridized carbons (Fsp3) is 0.432. The average Bonchev–Trinajstić information content (AvgIpc) is 3.57. The second-order valence-corrected chi connectivity index (χ2v) is 19.4. The minimum atomic E-state index is -3.99. The zero-order chi connectivity index (χ0) is 44.9. The van der Waals surface area contributed by atoms with Crippen molar-refractivity contribution in [1.29, 1.82) is 0 Å². The minimum Gasteiger partial charge on any atom is -0.545 e. The van der Waals surface area contributed by atoms with Gasteiger partial charge in [-0.25, -0.2) is 4.58 Å². The number of aromatic carboxylic acids is 1. The van der Waals surface area contributed by atoms with Crippen molar-refractivity contribution in [1.82, 2.24) is 19.3 Å². The average molecular weight is 906 g/mol. The molecule has 2 fully saturated rings. The highest BCUT2D eigenvalue weighted by atomic mass is 32.2. The highest BCUT2D eigenvalue weighted by Crippen LogP contribution is 2.42. The molecule has 2 aromatic carbocycles. The van der Waals surface area contributed by atoms with Crippen LogP contribution in [0.2, 0.25) is 0 Å². The first-order valence-corrected chi connectivity index (χ1v) is 24.4. The third kappa shape index (κ3) is 11.6. The Morgan fingerprint density at radius 3 is 1.95 bits per heavy atom. The zero-order valence-electron chi connectivity index (χ0n) is 34.8. The van der Waals surface area contributed by atoms with Gasteiger partial charge in [-0.15, -0.1) is 0 Å². The second kappa shape index (κ2) is 19.6. The van der Waals surface area contributed by atoms with E-state index in [0.717, 1.165) is 42.1 Å². The van der Waals surface area contributed by atoms with E-state index in [1.807, 2.05) is 36.4 Å². The van der Waals surface area contributed by atoms with Crippen LogP contribution in [-0.4, -0.2) is 148 Å². The molecule has 17 nitrogen and oxygen atoms in total. The molecule has 0 saturated carbocycles. The molecule has 2 amide bonds. The first-order valence-electron chi connectivity index (χ1n) is 21.1. The van der Waals surface area contributed by atoms with Gasteiger partial charge < -0.3 is 19.2 Å². The number of amides is 2.